The average Bonchev–Trinajstić information content (AvgIpc) is 2.46. The Bertz CT molecular complexity index is 431. The third kappa shape index (κ3) is 1.42. The normalized spacial score (nSPS) is 13.5. The van der Waals surface area contributed by atoms with Crippen LogP contribution in [0, 0.1) is 6.92 Å². The summed E-state index contributed by atoms with van der Waals surface area (Å²) >= 11 is 6.01. The van der Waals surface area contributed by atoms with E-state index in [1.807, 2.05) is 29.7 Å². The molecule has 0 bridgehead atoms. The molecule has 0 unspecified atom stereocenters. The first-order valence-corrected chi connectivity index (χ1v) is 4.70. The fraction of sp³-hybridized carbons (Fsp3) is 0.300. The Morgan fingerprint density at radius 1 is 1.46 bits per heavy atom. The van der Waals surface area contributed by atoms with Crippen LogP contribution in [0.5, 0.6) is 0 Å². The maximum Gasteiger partial charge on any atom is 0.136 e. The zero-order valence-corrected chi connectivity index (χ0v) is 8.42. The number of fused-ring (bicyclic) bond motifs is 1. The van der Waals surface area contributed by atoms with Crippen LogP contribution in [0.3, 0.4) is 0 Å². The van der Waals surface area contributed by atoms with E-state index in [9.17, 15) is 0 Å². The van der Waals surface area contributed by atoms with E-state index < -0.39 is 0 Å². The number of alkyl halides is 1. The molecule has 0 saturated carbocycles. The van der Waals surface area contributed by atoms with Gasteiger partial charge < -0.3 is 4.40 Å². The Kier molecular flexibility index (Phi) is 2.00. The van der Waals surface area contributed by atoms with Crippen molar-refractivity contribution in [1.29, 1.82) is 0 Å². The molecule has 0 aliphatic carbocycles. The van der Waals surface area contributed by atoms with Crippen molar-refractivity contribution in [2.24, 2.45) is 0 Å². The Balaban J connectivity index is 2.71. The predicted molar refractivity (Wildman–Crippen MR) is 54.2 cm³/mol. The third-order valence-electron chi connectivity index (χ3n) is 2.09. The molecule has 0 aromatic carbocycles. The number of halogens is 1. The van der Waals surface area contributed by atoms with Gasteiger partial charge in [0.2, 0.25) is 0 Å². The van der Waals surface area contributed by atoms with Crippen molar-refractivity contribution in [3.63, 3.8) is 0 Å². The number of aromatic nitrogens is 2. The summed E-state index contributed by atoms with van der Waals surface area (Å²) in [5.74, 6) is 0. The van der Waals surface area contributed by atoms with Gasteiger partial charge in [-0.15, -0.1) is 11.6 Å². The summed E-state index contributed by atoms with van der Waals surface area (Å²) in [7, 11) is 0. The monoisotopic (exact) mass is 194 g/mol. The molecule has 2 aromatic heterocycles. The molecule has 68 valence electrons. The van der Waals surface area contributed by atoms with Crippen molar-refractivity contribution in [2.75, 3.05) is 0 Å². The molecule has 2 rings (SSSR count). The van der Waals surface area contributed by atoms with Crippen molar-refractivity contribution < 1.29 is 0 Å². The van der Waals surface area contributed by atoms with Crippen LogP contribution >= 0.6 is 11.6 Å². The van der Waals surface area contributed by atoms with Crippen molar-refractivity contribution in [3.8, 4) is 0 Å². The summed E-state index contributed by atoms with van der Waals surface area (Å²) < 4.78 is 2.03. The van der Waals surface area contributed by atoms with E-state index in [1.165, 1.54) is 5.56 Å². The van der Waals surface area contributed by atoms with Gasteiger partial charge in [-0.25, -0.2) is 4.98 Å². The van der Waals surface area contributed by atoms with Crippen molar-refractivity contribution in [3.05, 3.63) is 35.8 Å². The van der Waals surface area contributed by atoms with Gasteiger partial charge >= 0.3 is 0 Å². The maximum atomic E-state index is 6.01. The Labute approximate surface area is 82.2 Å². The molecular formula is C10H11ClN2. The molecule has 3 heteroatoms. The minimum Gasteiger partial charge on any atom is -0.302 e. The lowest BCUT2D eigenvalue weighted by Gasteiger charge is -2.03. The highest BCUT2D eigenvalue weighted by Crippen LogP contribution is 2.20. The number of imidazole rings is 1. The summed E-state index contributed by atoms with van der Waals surface area (Å²) in [6.45, 7) is 4.01. The van der Waals surface area contributed by atoms with Gasteiger partial charge in [0.15, 0.2) is 0 Å². The minimum atomic E-state index is -0.00296. The van der Waals surface area contributed by atoms with Crippen LogP contribution < -0.4 is 0 Å². The van der Waals surface area contributed by atoms with E-state index in [0.29, 0.717) is 0 Å². The van der Waals surface area contributed by atoms with Gasteiger partial charge in [-0.2, -0.15) is 0 Å². The molecule has 1 atom stereocenters. The first-order chi connectivity index (χ1) is 6.18. The smallest absolute Gasteiger partial charge is 0.136 e. The van der Waals surface area contributed by atoms with E-state index in [-0.39, 0.29) is 5.38 Å². The second-order valence-corrected chi connectivity index (χ2v) is 3.89. The van der Waals surface area contributed by atoms with Gasteiger partial charge in [0, 0.05) is 6.20 Å². The number of nitrogens with zero attached hydrogens (tertiary/aromatic N) is 2. The van der Waals surface area contributed by atoms with Crippen LogP contribution in [0.4, 0.5) is 0 Å². The lowest BCUT2D eigenvalue weighted by Crippen LogP contribution is -1.93. The Morgan fingerprint density at radius 3 is 2.92 bits per heavy atom. The molecule has 0 spiro atoms. The number of hydrogen-bond donors (Lipinski definition) is 0. The standard InChI is InChI=1S/C10H11ClN2/c1-7-3-4-10-12-5-9(8(2)11)13(10)6-7/h3-6,8H,1-2H3/t8-/m0/s1. The molecular weight excluding hydrogens is 184 g/mol. The fourth-order valence-electron chi connectivity index (χ4n) is 1.40. The lowest BCUT2D eigenvalue weighted by molar-refractivity contribution is 0.957. The predicted octanol–water partition coefficient (Wildman–Crippen LogP) is 2.94. The second kappa shape index (κ2) is 3.04. The quantitative estimate of drug-likeness (QED) is 0.638. The van der Waals surface area contributed by atoms with Gasteiger partial charge in [0.1, 0.15) is 5.65 Å². The Morgan fingerprint density at radius 2 is 2.23 bits per heavy atom. The molecule has 0 aliphatic rings. The van der Waals surface area contributed by atoms with E-state index in [2.05, 4.69) is 18.1 Å². The molecule has 0 N–H and O–H groups in total. The summed E-state index contributed by atoms with van der Waals surface area (Å²) in [6, 6.07) is 4.04. The number of pyridine rings is 1. The lowest BCUT2D eigenvalue weighted by atomic mass is 10.3. The molecule has 2 aromatic rings. The van der Waals surface area contributed by atoms with Crippen LogP contribution in [0.2, 0.25) is 0 Å². The first-order valence-electron chi connectivity index (χ1n) is 4.26. The molecule has 13 heavy (non-hydrogen) atoms. The third-order valence-corrected chi connectivity index (χ3v) is 2.31. The molecule has 2 heterocycles. The number of hydrogen-bond acceptors (Lipinski definition) is 1. The van der Waals surface area contributed by atoms with Crippen LogP contribution in [-0.4, -0.2) is 9.38 Å². The molecule has 2 nitrogen and oxygen atoms in total. The average molecular weight is 195 g/mol. The highest BCUT2D eigenvalue weighted by atomic mass is 35.5. The minimum absolute atomic E-state index is 0.00296. The van der Waals surface area contributed by atoms with E-state index >= 15 is 0 Å². The SMILES string of the molecule is Cc1ccc2ncc([C@H](C)Cl)n2c1. The van der Waals surface area contributed by atoms with Crippen molar-refractivity contribution in [2.45, 2.75) is 19.2 Å². The van der Waals surface area contributed by atoms with Gasteiger partial charge in [0.25, 0.3) is 0 Å². The summed E-state index contributed by atoms with van der Waals surface area (Å²) in [6.07, 6.45) is 3.88. The van der Waals surface area contributed by atoms with Crippen LogP contribution in [0.25, 0.3) is 5.65 Å². The van der Waals surface area contributed by atoms with Gasteiger partial charge in [0.05, 0.1) is 17.3 Å². The summed E-state index contributed by atoms with van der Waals surface area (Å²) in [5.41, 5.74) is 3.21. The van der Waals surface area contributed by atoms with Gasteiger partial charge in [-0.3, -0.25) is 0 Å². The Hall–Kier alpha value is -1.02. The highest BCUT2D eigenvalue weighted by molar-refractivity contribution is 6.20. The van der Waals surface area contributed by atoms with Gasteiger partial charge in [-0.1, -0.05) is 6.07 Å². The summed E-state index contributed by atoms with van der Waals surface area (Å²) in [4.78, 5) is 4.26. The molecule has 0 amide bonds. The van der Waals surface area contributed by atoms with E-state index in [4.69, 9.17) is 11.6 Å². The van der Waals surface area contributed by atoms with Crippen LogP contribution in [-0.2, 0) is 0 Å². The van der Waals surface area contributed by atoms with Crippen molar-refractivity contribution in [1.82, 2.24) is 9.38 Å². The van der Waals surface area contributed by atoms with Crippen LogP contribution in [0.15, 0.2) is 24.5 Å². The van der Waals surface area contributed by atoms with E-state index in [0.717, 1.165) is 11.3 Å². The zero-order chi connectivity index (χ0) is 9.42. The fourth-order valence-corrected chi connectivity index (χ4v) is 1.56. The summed E-state index contributed by atoms with van der Waals surface area (Å²) in [5, 5.41) is -0.00296. The van der Waals surface area contributed by atoms with Crippen molar-refractivity contribution >= 4 is 17.2 Å². The molecule has 0 radical (unpaired) electrons. The first kappa shape index (κ1) is 8.57. The van der Waals surface area contributed by atoms with Crippen LogP contribution in [0.1, 0.15) is 23.6 Å². The second-order valence-electron chi connectivity index (χ2n) is 3.23. The topological polar surface area (TPSA) is 17.3 Å². The largest absolute Gasteiger partial charge is 0.302 e. The van der Waals surface area contributed by atoms with Gasteiger partial charge in [-0.05, 0) is 25.5 Å². The molecule has 0 fully saturated rings. The number of aryl methyl sites for hydroxylation is 1. The zero-order valence-electron chi connectivity index (χ0n) is 7.66. The molecule has 0 saturated heterocycles. The molecule has 0 aliphatic heterocycles. The number of rotatable bonds is 1. The highest BCUT2D eigenvalue weighted by Gasteiger charge is 2.07. The maximum absolute atomic E-state index is 6.01. The van der Waals surface area contributed by atoms with E-state index in [1.54, 1.807) is 0 Å².